The molecule has 0 bridgehead atoms. The molecule has 188 valence electrons. The zero-order chi connectivity index (χ0) is 25.7. The van der Waals surface area contributed by atoms with E-state index in [2.05, 4.69) is 21.7 Å². The first kappa shape index (κ1) is 24.7. The SMILES string of the molecule is NC(=O)/C=C/CCC(NC(=O)O)C(=O)Nc1cccn(Cc2nc3c(CC4CC4)cccc3[nH]2)c1=O. The molecule has 36 heavy (non-hydrogen) atoms. The van der Waals surface area contributed by atoms with Crippen LogP contribution in [0.5, 0.6) is 0 Å². The van der Waals surface area contributed by atoms with Crippen molar-refractivity contribution in [3.8, 4) is 0 Å². The van der Waals surface area contributed by atoms with Gasteiger partial charge >= 0.3 is 6.09 Å². The Labute approximate surface area is 206 Å². The molecule has 0 aliphatic heterocycles. The Morgan fingerprint density at radius 1 is 1.25 bits per heavy atom. The quantitative estimate of drug-likeness (QED) is 0.256. The fourth-order valence-corrected chi connectivity index (χ4v) is 4.03. The lowest BCUT2D eigenvalue weighted by Gasteiger charge is -2.16. The number of imidazole rings is 1. The summed E-state index contributed by atoms with van der Waals surface area (Å²) in [6.45, 7) is 0.175. The Morgan fingerprint density at radius 3 is 2.78 bits per heavy atom. The molecule has 11 heteroatoms. The van der Waals surface area contributed by atoms with Crippen molar-refractivity contribution in [3.63, 3.8) is 0 Å². The van der Waals surface area contributed by atoms with Gasteiger partial charge in [-0.15, -0.1) is 0 Å². The molecule has 11 nitrogen and oxygen atoms in total. The van der Waals surface area contributed by atoms with Crippen LogP contribution in [-0.4, -0.2) is 43.6 Å². The van der Waals surface area contributed by atoms with E-state index in [-0.39, 0.29) is 25.1 Å². The summed E-state index contributed by atoms with van der Waals surface area (Å²) in [5, 5.41) is 13.7. The first-order valence-electron chi connectivity index (χ1n) is 11.7. The smallest absolute Gasteiger partial charge is 0.405 e. The molecule has 3 amide bonds. The van der Waals surface area contributed by atoms with Crippen molar-refractivity contribution >= 4 is 34.6 Å². The maximum absolute atomic E-state index is 13.0. The first-order valence-corrected chi connectivity index (χ1v) is 11.7. The van der Waals surface area contributed by atoms with Gasteiger partial charge < -0.3 is 31.0 Å². The summed E-state index contributed by atoms with van der Waals surface area (Å²) in [4.78, 5) is 55.7. The molecular formula is C25H28N6O5. The lowest BCUT2D eigenvalue weighted by atomic mass is 10.1. The van der Waals surface area contributed by atoms with Crippen molar-refractivity contribution in [1.82, 2.24) is 19.9 Å². The minimum Gasteiger partial charge on any atom is -0.465 e. The van der Waals surface area contributed by atoms with Crippen LogP contribution in [0.4, 0.5) is 10.5 Å². The minimum absolute atomic E-state index is 0.0119. The van der Waals surface area contributed by atoms with Gasteiger partial charge in [0, 0.05) is 6.20 Å². The topological polar surface area (TPSA) is 172 Å². The monoisotopic (exact) mass is 492 g/mol. The zero-order valence-electron chi connectivity index (χ0n) is 19.6. The molecule has 1 atom stereocenters. The summed E-state index contributed by atoms with van der Waals surface area (Å²) >= 11 is 0. The molecule has 1 unspecified atom stereocenters. The highest BCUT2D eigenvalue weighted by atomic mass is 16.4. The highest BCUT2D eigenvalue weighted by Gasteiger charge is 2.23. The fourth-order valence-electron chi connectivity index (χ4n) is 4.03. The molecule has 0 spiro atoms. The average Bonchev–Trinajstić information content (AvgIpc) is 3.54. The average molecular weight is 493 g/mol. The van der Waals surface area contributed by atoms with E-state index in [1.807, 2.05) is 12.1 Å². The summed E-state index contributed by atoms with van der Waals surface area (Å²) in [7, 11) is 0. The van der Waals surface area contributed by atoms with E-state index in [9.17, 15) is 19.2 Å². The van der Waals surface area contributed by atoms with Crippen LogP contribution >= 0.6 is 0 Å². The molecule has 6 N–H and O–H groups in total. The Bertz CT molecular complexity index is 1370. The second-order valence-electron chi connectivity index (χ2n) is 8.87. The number of nitrogens with one attached hydrogen (secondary N) is 3. The Morgan fingerprint density at radius 2 is 2.06 bits per heavy atom. The maximum Gasteiger partial charge on any atom is 0.405 e. The largest absolute Gasteiger partial charge is 0.465 e. The minimum atomic E-state index is -1.38. The molecule has 2 heterocycles. The van der Waals surface area contributed by atoms with Gasteiger partial charge in [0.25, 0.3) is 5.56 Å². The Balaban J connectivity index is 1.48. The number of aromatic amines is 1. The van der Waals surface area contributed by atoms with Crippen LogP contribution in [0.2, 0.25) is 0 Å². The number of anilines is 1. The predicted octanol–water partition coefficient (Wildman–Crippen LogP) is 2.12. The molecule has 1 fully saturated rings. The van der Waals surface area contributed by atoms with Crippen molar-refractivity contribution in [2.75, 3.05) is 5.32 Å². The van der Waals surface area contributed by atoms with Crippen LogP contribution in [0.3, 0.4) is 0 Å². The van der Waals surface area contributed by atoms with Crippen LogP contribution in [0.15, 0.2) is 53.5 Å². The predicted molar refractivity (Wildman–Crippen MR) is 133 cm³/mol. The number of benzene rings is 1. The van der Waals surface area contributed by atoms with E-state index in [0.29, 0.717) is 5.82 Å². The standard InChI is InChI=1S/C25H28N6O5/c26-20(32)9-2-1-6-18(29-25(35)36)23(33)28-19-8-4-12-31(24(19)34)14-21-27-17-7-3-5-16(22(17)30-21)13-15-10-11-15/h2-5,7-9,12,15,18,29H,1,6,10-11,13-14H2,(H2,26,32)(H,27,30)(H,28,33)(H,35,36)/b9-2+. The molecule has 0 saturated heterocycles. The molecule has 1 aliphatic rings. The van der Waals surface area contributed by atoms with Crippen LogP contribution < -0.4 is 21.9 Å². The summed E-state index contributed by atoms with van der Waals surface area (Å²) in [6.07, 6.45) is 6.59. The molecule has 3 aromatic rings. The maximum atomic E-state index is 13.0. The van der Waals surface area contributed by atoms with Crippen LogP contribution in [0, 0.1) is 5.92 Å². The number of carbonyl (C=O) groups excluding carboxylic acids is 2. The summed E-state index contributed by atoms with van der Waals surface area (Å²) in [5.74, 6) is 0.00608. The third-order valence-electron chi connectivity index (χ3n) is 5.97. The van der Waals surface area contributed by atoms with Gasteiger partial charge in [0.15, 0.2) is 0 Å². The van der Waals surface area contributed by atoms with Gasteiger partial charge in [0.05, 0.1) is 17.6 Å². The van der Waals surface area contributed by atoms with Crippen LogP contribution in [0.25, 0.3) is 11.0 Å². The molecule has 4 rings (SSSR count). The second kappa shape index (κ2) is 10.9. The third kappa shape index (κ3) is 6.38. The van der Waals surface area contributed by atoms with E-state index in [4.69, 9.17) is 15.8 Å². The van der Waals surface area contributed by atoms with E-state index in [1.54, 1.807) is 12.3 Å². The van der Waals surface area contributed by atoms with Crippen molar-refractivity contribution in [2.45, 2.75) is 44.7 Å². The van der Waals surface area contributed by atoms with Gasteiger partial charge in [-0.3, -0.25) is 14.4 Å². The summed E-state index contributed by atoms with van der Waals surface area (Å²) in [5.41, 5.74) is 7.60. The number of nitrogens with two attached hydrogens (primary N) is 1. The number of H-pyrrole nitrogens is 1. The van der Waals surface area contributed by atoms with Crippen LogP contribution in [-0.2, 0) is 22.6 Å². The lowest BCUT2D eigenvalue weighted by molar-refractivity contribution is -0.118. The number of hydrogen-bond donors (Lipinski definition) is 5. The number of aromatic nitrogens is 3. The summed E-state index contributed by atoms with van der Waals surface area (Å²) < 4.78 is 1.42. The van der Waals surface area contributed by atoms with Crippen LogP contribution in [0.1, 0.15) is 37.1 Å². The van der Waals surface area contributed by atoms with Crippen molar-refractivity contribution < 1.29 is 19.5 Å². The molecular weight excluding hydrogens is 464 g/mol. The number of amides is 3. The third-order valence-corrected chi connectivity index (χ3v) is 5.97. The molecule has 1 aliphatic carbocycles. The van der Waals surface area contributed by atoms with Crippen molar-refractivity contribution in [3.05, 3.63) is 70.4 Å². The lowest BCUT2D eigenvalue weighted by Crippen LogP contribution is -2.44. The van der Waals surface area contributed by atoms with Crippen molar-refractivity contribution in [1.29, 1.82) is 0 Å². The molecule has 1 saturated carbocycles. The number of pyridine rings is 1. The number of fused-ring (bicyclic) bond motifs is 1. The number of allylic oxidation sites excluding steroid dienone is 1. The highest BCUT2D eigenvalue weighted by Crippen LogP contribution is 2.34. The molecule has 1 aromatic carbocycles. The normalized spacial score (nSPS) is 14.1. The summed E-state index contributed by atoms with van der Waals surface area (Å²) in [6, 6.07) is 7.97. The van der Waals surface area contributed by atoms with Gasteiger partial charge in [-0.25, -0.2) is 9.78 Å². The zero-order valence-corrected chi connectivity index (χ0v) is 19.6. The van der Waals surface area contributed by atoms with Gasteiger partial charge in [0.2, 0.25) is 11.8 Å². The van der Waals surface area contributed by atoms with Crippen molar-refractivity contribution in [2.24, 2.45) is 11.7 Å². The highest BCUT2D eigenvalue weighted by molar-refractivity contribution is 5.96. The van der Waals surface area contributed by atoms with E-state index in [0.717, 1.165) is 29.4 Å². The Kier molecular flexibility index (Phi) is 7.47. The van der Waals surface area contributed by atoms with E-state index >= 15 is 0 Å². The van der Waals surface area contributed by atoms with Gasteiger partial charge in [-0.05, 0) is 67.9 Å². The number of carbonyl (C=O) groups is 3. The first-order chi connectivity index (χ1) is 17.3. The van der Waals surface area contributed by atoms with E-state index in [1.165, 1.54) is 35.1 Å². The number of primary amides is 1. The van der Waals surface area contributed by atoms with Gasteiger partial charge in [-0.1, -0.05) is 18.2 Å². The number of carboxylic acid groups (broad SMARTS) is 1. The molecule has 2 aromatic heterocycles. The number of rotatable bonds is 11. The van der Waals surface area contributed by atoms with E-state index < -0.39 is 29.5 Å². The second-order valence-corrected chi connectivity index (χ2v) is 8.87. The molecule has 0 radical (unpaired) electrons. The number of nitrogens with zero attached hydrogens (tertiary/aromatic N) is 2. The van der Waals surface area contributed by atoms with Gasteiger partial charge in [-0.2, -0.15) is 0 Å². The number of para-hydroxylation sites is 1. The van der Waals surface area contributed by atoms with Gasteiger partial charge in [0.1, 0.15) is 17.6 Å². The number of hydrogen-bond acceptors (Lipinski definition) is 5. The Hall–Kier alpha value is -4.41. The fraction of sp³-hybridized carbons (Fsp3) is 0.320.